The third-order valence-electron chi connectivity index (χ3n) is 3.92. The van der Waals surface area contributed by atoms with Gasteiger partial charge in [-0.1, -0.05) is 12.1 Å². The predicted molar refractivity (Wildman–Crippen MR) is 93.8 cm³/mol. The van der Waals surface area contributed by atoms with E-state index in [2.05, 4.69) is 9.72 Å². The van der Waals surface area contributed by atoms with E-state index in [-0.39, 0.29) is 22.0 Å². The summed E-state index contributed by atoms with van der Waals surface area (Å²) in [6.07, 6.45) is -7.73. The van der Waals surface area contributed by atoms with E-state index in [1.165, 1.54) is 24.3 Å². The van der Waals surface area contributed by atoms with Crippen molar-refractivity contribution in [3.63, 3.8) is 0 Å². The van der Waals surface area contributed by atoms with Gasteiger partial charge < -0.3 is 4.74 Å². The number of ether oxygens (including phenoxy) is 1. The van der Waals surface area contributed by atoms with Crippen molar-refractivity contribution in [3.05, 3.63) is 60.3 Å². The number of alkyl halides is 6. The van der Waals surface area contributed by atoms with Crippen LogP contribution in [0.5, 0.6) is 5.88 Å². The topological polar surface area (TPSA) is 61.2 Å². The summed E-state index contributed by atoms with van der Waals surface area (Å²) >= 11 is 0. The van der Waals surface area contributed by atoms with Crippen LogP contribution in [-0.4, -0.2) is 30.6 Å². The molecule has 0 saturated carbocycles. The van der Waals surface area contributed by atoms with Crippen LogP contribution in [0.2, 0.25) is 0 Å². The Labute approximate surface area is 166 Å². The molecule has 1 heterocycles. The average molecular weight is 450 g/mol. The Hall–Kier alpha value is -3.02. The molecule has 3 aromatic rings. The van der Waals surface area contributed by atoms with Crippen LogP contribution >= 0.6 is 0 Å². The van der Waals surface area contributed by atoms with Crippen LogP contribution < -0.4 is 4.74 Å². The summed E-state index contributed by atoms with van der Waals surface area (Å²) in [7, 11) is -3.51. The van der Waals surface area contributed by atoms with Gasteiger partial charge in [-0.2, -0.15) is 18.2 Å². The molecule has 30 heavy (non-hydrogen) atoms. The van der Waals surface area contributed by atoms with E-state index in [4.69, 9.17) is 0 Å². The number of imidazole rings is 1. The molecule has 5 nitrogen and oxygen atoms in total. The normalized spacial score (nSPS) is 12.8. The fourth-order valence-electron chi connectivity index (χ4n) is 2.59. The van der Waals surface area contributed by atoms with E-state index in [1.54, 1.807) is 0 Å². The highest BCUT2D eigenvalue weighted by molar-refractivity contribution is 7.90. The number of hydrogen-bond donors (Lipinski definition) is 0. The van der Waals surface area contributed by atoms with E-state index >= 15 is 0 Å². The summed E-state index contributed by atoms with van der Waals surface area (Å²) in [6, 6.07) is 8.79. The zero-order chi connectivity index (χ0) is 22.3. The van der Waals surface area contributed by atoms with E-state index < -0.39 is 33.8 Å². The Morgan fingerprint density at radius 2 is 1.47 bits per heavy atom. The molecule has 0 bridgehead atoms. The minimum atomic E-state index is -5.03. The third-order valence-corrected chi connectivity index (χ3v) is 5.05. The zero-order valence-electron chi connectivity index (χ0n) is 15.0. The molecule has 0 aliphatic rings. The maximum Gasteiger partial charge on any atom is 0.574 e. The smallest absolute Gasteiger partial charge is 0.386 e. The summed E-state index contributed by atoms with van der Waals surface area (Å²) in [5.41, 5.74) is -0.623. The standard InChI is InChI=1S/C18H12F6N2O3S/c1-30(27,28)14-8-6-13(7-9-14)26-10-15(29-18(22,23)24)25-16(26)11-2-4-12(5-3-11)17(19,20)21/h2-10H,1H3. The SMILES string of the molecule is CS(=O)(=O)c1ccc(-n2cc(OC(F)(F)F)nc2-c2ccc(C(F)(F)F)cc2)cc1. The van der Waals surface area contributed by atoms with Gasteiger partial charge in [0, 0.05) is 17.5 Å². The maximum atomic E-state index is 12.8. The molecule has 0 spiro atoms. The van der Waals surface area contributed by atoms with Crippen LogP contribution in [-0.2, 0) is 16.0 Å². The number of benzene rings is 2. The first-order valence-corrected chi connectivity index (χ1v) is 9.96. The van der Waals surface area contributed by atoms with Gasteiger partial charge >= 0.3 is 12.5 Å². The molecule has 0 atom stereocenters. The first-order valence-electron chi connectivity index (χ1n) is 8.07. The molecule has 0 saturated heterocycles. The Kier molecular flexibility index (Phi) is 5.31. The van der Waals surface area contributed by atoms with E-state index in [9.17, 15) is 34.8 Å². The van der Waals surface area contributed by atoms with Crippen molar-refractivity contribution in [2.75, 3.05) is 6.26 Å². The quantitative estimate of drug-likeness (QED) is 0.533. The molecule has 0 aliphatic carbocycles. The Bertz CT molecular complexity index is 1150. The second-order valence-electron chi connectivity index (χ2n) is 6.16. The lowest BCUT2D eigenvalue weighted by Gasteiger charge is -2.10. The van der Waals surface area contributed by atoms with Gasteiger partial charge in [0.2, 0.25) is 5.88 Å². The van der Waals surface area contributed by atoms with Gasteiger partial charge in [-0.25, -0.2) is 8.42 Å². The highest BCUT2D eigenvalue weighted by Crippen LogP contribution is 2.33. The van der Waals surface area contributed by atoms with Crippen LogP contribution in [0.1, 0.15) is 5.56 Å². The van der Waals surface area contributed by atoms with Crippen molar-refractivity contribution in [2.24, 2.45) is 0 Å². The zero-order valence-corrected chi connectivity index (χ0v) is 15.8. The lowest BCUT2D eigenvalue weighted by Crippen LogP contribution is -2.17. The summed E-state index contributed by atoms with van der Waals surface area (Å²) in [4.78, 5) is 3.71. The molecule has 0 fully saturated rings. The number of rotatable bonds is 4. The van der Waals surface area contributed by atoms with Crippen LogP contribution in [0.4, 0.5) is 26.3 Å². The Balaban J connectivity index is 2.10. The predicted octanol–water partition coefficient (Wildman–Crippen LogP) is 4.86. The molecule has 3 rings (SSSR count). The highest BCUT2D eigenvalue weighted by Gasteiger charge is 2.33. The van der Waals surface area contributed by atoms with Crippen molar-refractivity contribution in [2.45, 2.75) is 17.4 Å². The molecular formula is C18H12F6N2O3S. The molecule has 0 amide bonds. The largest absolute Gasteiger partial charge is 0.574 e. The van der Waals surface area contributed by atoms with Crippen LogP contribution in [0.15, 0.2) is 59.6 Å². The first-order chi connectivity index (χ1) is 13.7. The summed E-state index contributed by atoms with van der Waals surface area (Å²) in [5.74, 6) is -0.959. The van der Waals surface area contributed by atoms with Gasteiger partial charge in [0.25, 0.3) is 0 Å². The number of sulfone groups is 1. The minimum absolute atomic E-state index is 0.0192. The van der Waals surface area contributed by atoms with E-state index in [0.29, 0.717) is 0 Å². The molecule has 0 unspecified atom stereocenters. The number of nitrogens with zero attached hydrogens (tertiary/aromatic N) is 2. The number of hydrogen-bond acceptors (Lipinski definition) is 4. The lowest BCUT2D eigenvalue weighted by molar-refractivity contribution is -0.276. The van der Waals surface area contributed by atoms with Crippen molar-refractivity contribution in [3.8, 4) is 23.0 Å². The van der Waals surface area contributed by atoms with E-state index in [0.717, 1.165) is 41.3 Å². The summed E-state index contributed by atoms with van der Waals surface area (Å²) in [6.45, 7) is 0. The fourth-order valence-corrected chi connectivity index (χ4v) is 3.22. The molecule has 12 heteroatoms. The van der Waals surface area contributed by atoms with Gasteiger partial charge in [0.15, 0.2) is 9.84 Å². The molecule has 2 aromatic carbocycles. The van der Waals surface area contributed by atoms with Crippen LogP contribution in [0, 0.1) is 0 Å². The molecule has 160 valence electrons. The minimum Gasteiger partial charge on any atom is -0.386 e. The Morgan fingerprint density at radius 3 is 1.93 bits per heavy atom. The second kappa shape index (κ2) is 7.35. The van der Waals surface area contributed by atoms with Gasteiger partial charge in [-0.05, 0) is 36.4 Å². The van der Waals surface area contributed by atoms with Crippen molar-refractivity contribution in [1.82, 2.24) is 9.55 Å². The highest BCUT2D eigenvalue weighted by atomic mass is 32.2. The first kappa shape index (κ1) is 21.7. The van der Waals surface area contributed by atoms with Gasteiger partial charge in [0.1, 0.15) is 5.82 Å². The molecule has 0 aliphatic heterocycles. The number of aromatic nitrogens is 2. The Morgan fingerprint density at radius 1 is 0.900 bits per heavy atom. The second-order valence-corrected chi connectivity index (χ2v) is 8.18. The van der Waals surface area contributed by atoms with Gasteiger partial charge in [0.05, 0.1) is 16.7 Å². The monoisotopic (exact) mass is 450 g/mol. The molecule has 0 radical (unpaired) electrons. The third kappa shape index (κ3) is 4.93. The maximum absolute atomic E-state index is 12.8. The van der Waals surface area contributed by atoms with Crippen LogP contribution in [0.25, 0.3) is 17.1 Å². The molecular weight excluding hydrogens is 438 g/mol. The molecule has 0 N–H and O–H groups in total. The molecule has 1 aromatic heterocycles. The van der Waals surface area contributed by atoms with E-state index in [1.807, 2.05) is 0 Å². The van der Waals surface area contributed by atoms with Gasteiger partial charge in [-0.3, -0.25) is 4.57 Å². The summed E-state index contributed by atoms with van der Waals surface area (Å²) in [5, 5.41) is 0. The van der Waals surface area contributed by atoms with Crippen molar-refractivity contribution >= 4 is 9.84 Å². The lowest BCUT2D eigenvalue weighted by atomic mass is 10.1. The van der Waals surface area contributed by atoms with Crippen LogP contribution in [0.3, 0.4) is 0 Å². The average Bonchev–Trinajstić information content (AvgIpc) is 3.02. The number of halogens is 6. The summed E-state index contributed by atoms with van der Waals surface area (Å²) < 4.78 is 104. The fraction of sp³-hybridized carbons (Fsp3) is 0.167. The van der Waals surface area contributed by atoms with Crippen molar-refractivity contribution in [1.29, 1.82) is 0 Å². The van der Waals surface area contributed by atoms with Gasteiger partial charge in [-0.15, -0.1) is 13.2 Å². The van der Waals surface area contributed by atoms with Crippen molar-refractivity contribution < 1.29 is 39.5 Å².